The number of carbonyl (C=O) groups is 4. The monoisotopic (exact) mass is 1280 g/mol. The Hall–Kier alpha value is -1.94. The van der Waals surface area contributed by atoms with Crippen LogP contribution in [0.15, 0.2) is 0 Å². The fraction of sp³-hybridized carbons (Fsp3) is 0.941. The topological polar surface area (TPSA) is 237 Å². The van der Waals surface area contributed by atoms with Crippen LogP contribution in [0.5, 0.6) is 0 Å². The number of unbranched alkanes of at least 4 members (excludes halogenated alkanes) is 40. The molecule has 0 aliphatic heterocycles. The van der Waals surface area contributed by atoms with Crippen molar-refractivity contribution in [1.82, 2.24) is 0 Å². The lowest BCUT2D eigenvalue weighted by Gasteiger charge is -2.21. The lowest BCUT2D eigenvalue weighted by atomic mass is 10.0. The van der Waals surface area contributed by atoms with Gasteiger partial charge in [-0.3, -0.25) is 37.3 Å². The molecule has 0 aromatic carbocycles. The molecule has 0 aliphatic rings. The van der Waals surface area contributed by atoms with Gasteiger partial charge in [0.2, 0.25) is 0 Å². The molecule has 0 rings (SSSR count). The van der Waals surface area contributed by atoms with E-state index in [1.165, 1.54) is 167 Å². The summed E-state index contributed by atoms with van der Waals surface area (Å²) in [7, 11) is -9.89. The molecule has 3 N–H and O–H groups in total. The number of phosphoric acid groups is 2. The van der Waals surface area contributed by atoms with Crippen LogP contribution < -0.4 is 0 Å². The molecule has 0 aliphatic carbocycles. The van der Waals surface area contributed by atoms with Crippen molar-refractivity contribution < 1.29 is 80.2 Å². The van der Waals surface area contributed by atoms with E-state index in [1.807, 2.05) is 0 Å². The van der Waals surface area contributed by atoms with Crippen molar-refractivity contribution in [2.24, 2.45) is 5.92 Å². The quantitative estimate of drug-likeness (QED) is 0.0222. The number of aliphatic hydroxyl groups excluding tert-OH is 1. The number of ether oxygens (including phenoxy) is 4. The second-order valence-corrected chi connectivity index (χ2v) is 27.9. The van der Waals surface area contributed by atoms with E-state index in [1.54, 1.807) is 0 Å². The number of hydrogen-bond donors (Lipinski definition) is 3. The molecule has 0 heterocycles. The van der Waals surface area contributed by atoms with Gasteiger partial charge in [-0.15, -0.1) is 0 Å². The number of esters is 4. The highest BCUT2D eigenvalue weighted by molar-refractivity contribution is 7.47. The van der Waals surface area contributed by atoms with Crippen molar-refractivity contribution in [3.8, 4) is 0 Å². The van der Waals surface area contributed by atoms with Crippen LogP contribution in [0.4, 0.5) is 0 Å². The Kier molecular flexibility index (Phi) is 60.2. The summed E-state index contributed by atoms with van der Waals surface area (Å²) in [5.74, 6) is -1.42. The average Bonchev–Trinajstić information content (AvgIpc) is 3.62. The van der Waals surface area contributed by atoms with E-state index in [9.17, 15) is 43.2 Å². The SMILES string of the molecule is CCCCCCCCCCCCCCCC(=O)OC[C@H](COP(=O)(O)OC[C@@H](O)COP(=O)(O)OC[C@@H](COC(=O)CCCCCCCCCC(C)C)OC(=O)CCCCCCCCCCCCC)OC(=O)CCCCCCCCCCCCCCC. The number of carbonyl (C=O) groups excluding carboxylic acids is 4. The summed E-state index contributed by atoms with van der Waals surface area (Å²) < 4.78 is 68.2. The fourth-order valence-electron chi connectivity index (χ4n) is 10.3. The van der Waals surface area contributed by atoms with Crippen LogP contribution >= 0.6 is 15.6 Å². The maximum Gasteiger partial charge on any atom is 0.472 e. The lowest BCUT2D eigenvalue weighted by Crippen LogP contribution is -2.30. The van der Waals surface area contributed by atoms with Crippen LogP contribution in [0.25, 0.3) is 0 Å². The number of rotatable bonds is 68. The second kappa shape index (κ2) is 61.6. The zero-order valence-electron chi connectivity index (χ0n) is 56.2. The molecule has 516 valence electrons. The van der Waals surface area contributed by atoms with E-state index in [4.69, 9.17) is 37.0 Å². The number of aliphatic hydroxyl groups is 1. The van der Waals surface area contributed by atoms with E-state index in [2.05, 4.69) is 34.6 Å². The average molecular weight is 1280 g/mol. The Balaban J connectivity index is 5.24. The molecule has 0 saturated carbocycles. The van der Waals surface area contributed by atoms with Gasteiger partial charge in [0.25, 0.3) is 0 Å². The van der Waals surface area contributed by atoms with Crippen molar-refractivity contribution in [3.05, 3.63) is 0 Å². The Morgan fingerprint density at radius 1 is 0.310 bits per heavy atom. The van der Waals surface area contributed by atoms with Crippen molar-refractivity contribution in [3.63, 3.8) is 0 Å². The highest BCUT2D eigenvalue weighted by Gasteiger charge is 2.30. The van der Waals surface area contributed by atoms with Gasteiger partial charge < -0.3 is 33.8 Å². The minimum atomic E-state index is -4.95. The normalized spacial score (nSPS) is 14.1. The minimum absolute atomic E-state index is 0.106. The molecule has 0 aromatic rings. The standard InChI is InChI=1S/C68H132O17P2/c1-6-9-12-15-18-21-24-26-29-31-36-41-46-51-65(70)78-57-63(84-68(73)54-49-44-38-33-30-27-25-22-19-16-13-10-7-2)59-82-86(74,75)80-55-62(69)56-81-87(76,77)83-60-64(58-79-66(71)52-47-42-39-34-35-40-45-50-61(4)5)85-67(72)53-48-43-37-32-28-23-20-17-14-11-8-3/h61-64,69H,6-60H2,1-5H3,(H,74,75)(H,76,77)/t62-,63-,64-/m1/s1. The molecule has 0 amide bonds. The minimum Gasteiger partial charge on any atom is -0.462 e. The molecule has 0 spiro atoms. The Morgan fingerprint density at radius 2 is 0.529 bits per heavy atom. The van der Waals surface area contributed by atoms with Gasteiger partial charge in [0, 0.05) is 25.7 Å². The van der Waals surface area contributed by atoms with Crippen molar-refractivity contribution in [2.75, 3.05) is 39.6 Å². The van der Waals surface area contributed by atoms with Crippen LogP contribution in [-0.2, 0) is 65.4 Å². The molecule has 87 heavy (non-hydrogen) atoms. The van der Waals surface area contributed by atoms with E-state index in [0.29, 0.717) is 31.6 Å². The third-order valence-corrected chi connectivity index (χ3v) is 17.7. The van der Waals surface area contributed by atoms with Gasteiger partial charge in [0.15, 0.2) is 12.2 Å². The summed E-state index contributed by atoms with van der Waals surface area (Å²) in [4.78, 5) is 72.4. The highest BCUT2D eigenvalue weighted by Crippen LogP contribution is 2.45. The van der Waals surface area contributed by atoms with Crippen molar-refractivity contribution in [1.29, 1.82) is 0 Å². The Bertz CT molecular complexity index is 1690. The molecule has 5 atom stereocenters. The van der Waals surface area contributed by atoms with Crippen LogP contribution in [0.1, 0.15) is 349 Å². The molecule has 2 unspecified atom stereocenters. The molecule has 0 fully saturated rings. The first-order chi connectivity index (χ1) is 42.0. The molecular weight excluding hydrogens is 1150 g/mol. The summed E-state index contributed by atoms with van der Waals surface area (Å²) in [6.45, 7) is 7.18. The molecule has 0 aromatic heterocycles. The van der Waals surface area contributed by atoms with Gasteiger partial charge in [-0.25, -0.2) is 9.13 Å². The zero-order valence-corrected chi connectivity index (χ0v) is 57.9. The number of phosphoric ester groups is 2. The van der Waals surface area contributed by atoms with Crippen LogP contribution in [0.3, 0.4) is 0 Å². The number of hydrogen-bond acceptors (Lipinski definition) is 15. The maximum absolute atomic E-state index is 13.0. The molecule has 0 saturated heterocycles. The highest BCUT2D eigenvalue weighted by atomic mass is 31.2. The van der Waals surface area contributed by atoms with Gasteiger partial charge >= 0.3 is 39.5 Å². The third kappa shape index (κ3) is 62.6. The Morgan fingerprint density at radius 3 is 0.782 bits per heavy atom. The first-order valence-corrected chi connectivity index (χ1v) is 38.6. The van der Waals surface area contributed by atoms with Gasteiger partial charge in [-0.2, -0.15) is 0 Å². The van der Waals surface area contributed by atoms with E-state index < -0.39 is 97.5 Å². The Labute approximate surface area is 530 Å². The van der Waals surface area contributed by atoms with Crippen molar-refractivity contribution >= 4 is 39.5 Å². The van der Waals surface area contributed by atoms with Gasteiger partial charge in [-0.1, -0.05) is 298 Å². The fourth-order valence-corrected chi connectivity index (χ4v) is 11.9. The summed E-state index contributed by atoms with van der Waals surface area (Å²) in [5, 5.41) is 10.6. The first-order valence-electron chi connectivity index (χ1n) is 35.6. The van der Waals surface area contributed by atoms with Crippen LogP contribution in [0, 0.1) is 5.92 Å². The van der Waals surface area contributed by atoms with Crippen LogP contribution in [-0.4, -0.2) is 96.7 Å². The van der Waals surface area contributed by atoms with E-state index >= 15 is 0 Å². The molecular formula is C68H132O17P2. The molecule has 19 heteroatoms. The predicted octanol–water partition coefficient (Wildman–Crippen LogP) is 19.4. The predicted molar refractivity (Wildman–Crippen MR) is 349 cm³/mol. The van der Waals surface area contributed by atoms with Gasteiger partial charge in [-0.05, 0) is 31.6 Å². The van der Waals surface area contributed by atoms with Gasteiger partial charge in [0.05, 0.1) is 26.4 Å². The van der Waals surface area contributed by atoms with E-state index in [0.717, 1.165) is 96.3 Å². The van der Waals surface area contributed by atoms with Gasteiger partial charge in [0.1, 0.15) is 19.3 Å². The first kappa shape index (κ1) is 85.1. The second-order valence-electron chi connectivity index (χ2n) is 25.0. The lowest BCUT2D eigenvalue weighted by molar-refractivity contribution is -0.161. The maximum atomic E-state index is 13.0. The zero-order chi connectivity index (χ0) is 64.2. The summed E-state index contributed by atoms with van der Waals surface area (Å²) in [6.07, 6.45) is 47.1. The third-order valence-electron chi connectivity index (χ3n) is 15.8. The van der Waals surface area contributed by atoms with E-state index in [-0.39, 0.29) is 25.7 Å². The van der Waals surface area contributed by atoms with Crippen molar-refractivity contribution in [2.45, 2.75) is 368 Å². The largest absolute Gasteiger partial charge is 0.472 e. The summed E-state index contributed by atoms with van der Waals surface area (Å²) in [5.41, 5.74) is 0. The summed E-state index contributed by atoms with van der Waals surface area (Å²) in [6, 6.07) is 0. The molecule has 0 radical (unpaired) electrons. The smallest absolute Gasteiger partial charge is 0.462 e. The molecule has 17 nitrogen and oxygen atoms in total. The molecule has 0 bridgehead atoms. The van der Waals surface area contributed by atoms with Crippen LogP contribution in [0.2, 0.25) is 0 Å². The summed E-state index contributed by atoms with van der Waals surface area (Å²) >= 11 is 0.